The van der Waals surface area contributed by atoms with E-state index in [-0.39, 0.29) is 0 Å². The molecule has 0 saturated heterocycles. The van der Waals surface area contributed by atoms with Crippen molar-refractivity contribution in [3.05, 3.63) is 60.2 Å². The van der Waals surface area contributed by atoms with Crippen molar-refractivity contribution < 1.29 is 0 Å². The van der Waals surface area contributed by atoms with E-state index < -0.39 is 0 Å². The van der Waals surface area contributed by atoms with Crippen LogP contribution in [-0.4, -0.2) is 6.21 Å². The average Bonchev–Trinajstić information content (AvgIpc) is 2.32. The molecule has 0 radical (unpaired) electrons. The summed E-state index contributed by atoms with van der Waals surface area (Å²) in [5, 5.41) is 7.03. The summed E-state index contributed by atoms with van der Waals surface area (Å²) in [6, 6.07) is 18.7. The van der Waals surface area contributed by atoms with Crippen LogP contribution in [0.5, 0.6) is 0 Å². The van der Waals surface area contributed by atoms with Gasteiger partial charge in [-0.2, -0.15) is 0 Å². The normalized spacial score (nSPS) is 9.87. The molecule has 0 heterocycles. The van der Waals surface area contributed by atoms with Gasteiger partial charge in [0.2, 0.25) is 0 Å². The standard InChI is InChI=1S/C14H13N/c15-11-10-12-6-8-14(9-7-12)13-4-2-1-3-5-13/h1-9,11,15H,10H2. The lowest BCUT2D eigenvalue weighted by Gasteiger charge is -2.02. The fraction of sp³-hybridized carbons (Fsp3) is 0.0714. The minimum absolute atomic E-state index is 0.717. The van der Waals surface area contributed by atoms with Gasteiger partial charge in [0, 0.05) is 6.42 Å². The first-order valence-corrected chi connectivity index (χ1v) is 5.03. The topological polar surface area (TPSA) is 23.9 Å². The molecule has 0 fully saturated rings. The first-order valence-electron chi connectivity index (χ1n) is 5.03. The fourth-order valence-electron chi connectivity index (χ4n) is 1.58. The van der Waals surface area contributed by atoms with Crippen molar-refractivity contribution in [3.8, 4) is 11.1 Å². The molecule has 0 aromatic heterocycles. The van der Waals surface area contributed by atoms with Gasteiger partial charge in [0.1, 0.15) is 0 Å². The van der Waals surface area contributed by atoms with Crippen LogP contribution in [-0.2, 0) is 6.42 Å². The molecule has 0 bridgehead atoms. The number of nitrogens with one attached hydrogen (secondary N) is 1. The lowest BCUT2D eigenvalue weighted by molar-refractivity contribution is 1.33. The molecule has 1 heteroatoms. The molecule has 0 amide bonds. The Morgan fingerprint density at radius 2 is 1.40 bits per heavy atom. The van der Waals surface area contributed by atoms with Crippen molar-refractivity contribution in [2.45, 2.75) is 6.42 Å². The van der Waals surface area contributed by atoms with Gasteiger partial charge in [-0.1, -0.05) is 54.6 Å². The van der Waals surface area contributed by atoms with Crippen LogP contribution in [0.15, 0.2) is 54.6 Å². The quantitative estimate of drug-likeness (QED) is 0.724. The van der Waals surface area contributed by atoms with Crippen molar-refractivity contribution in [1.82, 2.24) is 0 Å². The van der Waals surface area contributed by atoms with Gasteiger partial charge in [0.25, 0.3) is 0 Å². The maximum absolute atomic E-state index is 7.03. The molecule has 0 aliphatic carbocycles. The Kier molecular flexibility index (Phi) is 2.93. The van der Waals surface area contributed by atoms with Crippen LogP contribution < -0.4 is 0 Å². The number of hydrogen-bond donors (Lipinski definition) is 1. The molecule has 0 aliphatic heterocycles. The molecule has 0 aliphatic rings. The highest BCUT2D eigenvalue weighted by Crippen LogP contribution is 2.18. The highest BCUT2D eigenvalue weighted by molar-refractivity contribution is 5.65. The second-order valence-corrected chi connectivity index (χ2v) is 3.47. The van der Waals surface area contributed by atoms with Gasteiger partial charge >= 0.3 is 0 Å². The van der Waals surface area contributed by atoms with E-state index in [0.717, 1.165) is 6.42 Å². The van der Waals surface area contributed by atoms with Crippen molar-refractivity contribution >= 4 is 6.21 Å². The smallest absolute Gasteiger partial charge is 0.00714 e. The van der Waals surface area contributed by atoms with Gasteiger partial charge in [-0.15, -0.1) is 0 Å². The van der Waals surface area contributed by atoms with E-state index in [1.807, 2.05) is 18.2 Å². The SMILES string of the molecule is N=CCc1ccc(-c2ccccc2)cc1. The predicted octanol–water partition coefficient (Wildman–Crippen LogP) is 3.55. The molecular weight excluding hydrogens is 182 g/mol. The van der Waals surface area contributed by atoms with Crippen LogP contribution in [0.4, 0.5) is 0 Å². The zero-order chi connectivity index (χ0) is 10.5. The Balaban J connectivity index is 2.28. The van der Waals surface area contributed by atoms with Crippen LogP contribution in [0.2, 0.25) is 0 Å². The van der Waals surface area contributed by atoms with Crippen LogP contribution in [0.25, 0.3) is 11.1 Å². The van der Waals surface area contributed by atoms with Crippen molar-refractivity contribution in [2.24, 2.45) is 0 Å². The molecule has 0 atom stereocenters. The number of rotatable bonds is 3. The molecule has 2 aromatic rings. The molecule has 0 spiro atoms. The van der Waals surface area contributed by atoms with Crippen LogP contribution in [0, 0.1) is 5.41 Å². The summed E-state index contributed by atoms with van der Waals surface area (Å²) in [5.74, 6) is 0. The first-order chi connectivity index (χ1) is 7.40. The summed E-state index contributed by atoms with van der Waals surface area (Å²) in [6.07, 6.45) is 2.15. The van der Waals surface area contributed by atoms with Crippen molar-refractivity contribution in [2.75, 3.05) is 0 Å². The molecule has 15 heavy (non-hydrogen) atoms. The maximum Gasteiger partial charge on any atom is 0.00714 e. The number of benzene rings is 2. The monoisotopic (exact) mass is 195 g/mol. The second kappa shape index (κ2) is 4.56. The summed E-state index contributed by atoms with van der Waals surface area (Å²) in [4.78, 5) is 0. The van der Waals surface area contributed by atoms with E-state index in [2.05, 4.69) is 36.4 Å². The maximum atomic E-state index is 7.03. The fourth-order valence-corrected chi connectivity index (χ4v) is 1.58. The Hall–Kier alpha value is -1.89. The van der Waals surface area contributed by atoms with E-state index in [1.165, 1.54) is 22.9 Å². The summed E-state index contributed by atoms with van der Waals surface area (Å²) in [7, 11) is 0. The Morgan fingerprint density at radius 1 is 0.800 bits per heavy atom. The van der Waals surface area contributed by atoms with Gasteiger partial charge in [-0.25, -0.2) is 0 Å². The molecule has 2 aromatic carbocycles. The van der Waals surface area contributed by atoms with Gasteiger partial charge in [-0.05, 0) is 22.9 Å². The Bertz CT molecular complexity index is 429. The van der Waals surface area contributed by atoms with Gasteiger partial charge in [0.15, 0.2) is 0 Å². The van der Waals surface area contributed by atoms with E-state index >= 15 is 0 Å². The number of hydrogen-bond acceptors (Lipinski definition) is 1. The van der Waals surface area contributed by atoms with E-state index in [4.69, 9.17) is 5.41 Å². The third kappa shape index (κ3) is 2.32. The molecule has 0 unspecified atom stereocenters. The van der Waals surface area contributed by atoms with Crippen molar-refractivity contribution in [1.29, 1.82) is 5.41 Å². The second-order valence-electron chi connectivity index (χ2n) is 3.47. The molecule has 0 saturated carbocycles. The highest BCUT2D eigenvalue weighted by Gasteiger charge is 1.95. The summed E-state index contributed by atoms with van der Waals surface area (Å²) < 4.78 is 0. The molecular formula is C14H13N. The third-order valence-electron chi connectivity index (χ3n) is 2.40. The van der Waals surface area contributed by atoms with E-state index in [0.29, 0.717) is 0 Å². The van der Waals surface area contributed by atoms with Crippen LogP contribution in [0.3, 0.4) is 0 Å². The summed E-state index contributed by atoms with van der Waals surface area (Å²) >= 11 is 0. The molecule has 1 nitrogen and oxygen atoms in total. The Morgan fingerprint density at radius 3 is 2.00 bits per heavy atom. The lowest BCUT2D eigenvalue weighted by Crippen LogP contribution is -1.84. The Labute approximate surface area is 89.9 Å². The predicted molar refractivity (Wildman–Crippen MR) is 64.4 cm³/mol. The first kappa shape index (κ1) is 9.66. The van der Waals surface area contributed by atoms with Gasteiger partial charge in [0.05, 0.1) is 0 Å². The molecule has 1 N–H and O–H groups in total. The third-order valence-corrected chi connectivity index (χ3v) is 2.40. The largest absolute Gasteiger partial charge is 0.313 e. The lowest BCUT2D eigenvalue weighted by atomic mass is 10.0. The van der Waals surface area contributed by atoms with Crippen LogP contribution >= 0.6 is 0 Å². The molecule has 74 valence electrons. The molecule has 2 rings (SSSR count). The zero-order valence-electron chi connectivity index (χ0n) is 8.48. The van der Waals surface area contributed by atoms with E-state index in [1.54, 1.807) is 0 Å². The summed E-state index contributed by atoms with van der Waals surface area (Å²) in [6.45, 7) is 0. The zero-order valence-corrected chi connectivity index (χ0v) is 8.48. The minimum atomic E-state index is 0.717. The van der Waals surface area contributed by atoms with Crippen molar-refractivity contribution in [3.63, 3.8) is 0 Å². The van der Waals surface area contributed by atoms with Crippen LogP contribution in [0.1, 0.15) is 5.56 Å². The van der Waals surface area contributed by atoms with E-state index in [9.17, 15) is 0 Å². The summed E-state index contributed by atoms with van der Waals surface area (Å²) in [5.41, 5.74) is 3.65. The van der Waals surface area contributed by atoms with Gasteiger partial charge in [-0.3, -0.25) is 0 Å². The minimum Gasteiger partial charge on any atom is -0.313 e. The van der Waals surface area contributed by atoms with Gasteiger partial charge < -0.3 is 5.41 Å². The average molecular weight is 195 g/mol. The highest BCUT2D eigenvalue weighted by atomic mass is 14.3.